The van der Waals surface area contributed by atoms with E-state index in [4.69, 9.17) is 4.74 Å². The maximum Gasteiger partial charge on any atom is 0.234 e. The fraction of sp³-hybridized carbons (Fsp3) is 0.276. The lowest BCUT2D eigenvalue weighted by Gasteiger charge is -2.12. The topological polar surface area (TPSA) is 69.0 Å². The zero-order chi connectivity index (χ0) is 25.5. The van der Waals surface area contributed by atoms with Crippen LogP contribution < -0.4 is 10.1 Å². The van der Waals surface area contributed by atoms with E-state index in [1.807, 2.05) is 60.0 Å². The lowest BCUT2D eigenvalue weighted by molar-refractivity contribution is -0.113. The van der Waals surface area contributed by atoms with E-state index < -0.39 is 0 Å². The molecule has 1 amide bonds. The van der Waals surface area contributed by atoms with Crippen molar-refractivity contribution in [2.45, 2.75) is 45.2 Å². The van der Waals surface area contributed by atoms with Gasteiger partial charge in [-0.3, -0.25) is 9.36 Å². The van der Waals surface area contributed by atoms with Crippen LogP contribution in [0.15, 0.2) is 78.0 Å². The third kappa shape index (κ3) is 6.15. The summed E-state index contributed by atoms with van der Waals surface area (Å²) in [7, 11) is 0. The number of rotatable bonds is 10. The highest BCUT2D eigenvalue weighted by molar-refractivity contribution is 7.99. The third-order valence-electron chi connectivity index (χ3n) is 6.06. The van der Waals surface area contributed by atoms with Gasteiger partial charge in [-0.05, 0) is 68.1 Å². The van der Waals surface area contributed by atoms with Crippen LogP contribution >= 0.6 is 11.8 Å². The monoisotopic (exact) mass is 500 g/mol. The Bertz CT molecular complexity index is 1280. The molecule has 0 radical (unpaired) electrons. The van der Waals surface area contributed by atoms with Crippen LogP contribution in [0.5, 0.6) is 5.75 Å². The van der Waals surface area contributed by atoms with Crippen LogP contribution in [0.3, 0.4) is 0 Å². The summed E-state index contributed by atoms with van der Waals surface area (Å²) < 4.78 is 7.59. The largest absolute Gasteiger partial charge is 0.494 e. The van der Waals surface area contributed by atoms with Gasteiger partial charge >= 0.3 is 0 Å². The molecular formula is C29H32N4O2S. The zero-order valence-corrected chi connectivity index (χ0v) is 22.0. The van der Waals surface area contributed by atoms with Crippen molar-refractivity contribution < 1.29 is 9.53 Å². The number of thioether (sulfide) groups is 1. The Balaban J connectivity index is 1.53. The van der Waals surface area contributed by atoms with Gasteiger partial charge in [0.2, 0.25) is 5.91 Å². The fourth-order valence-corrected chi connectivity index (χ4v) is 4.55. The van der Waals surface area contributed by atoms with Crippen molar-refractivity contribution in [1.82, 2.24) is 14.8 Å². The second kappa shape index (κ2) is 11.9. The molecule has 1 atom stereocenters. The van der Waals surface area contributed by atoms with Gasteiger partial charge in [-0.15, -0.1) is 10.2 Å². The number of carbonyl (C=O) groups excluding carboxylic acids is 1. The number of carbonyl (C=O) groups is 1. The van der Waals surface area contributed by atoms with Crippen LogP contribution in [0.4, 0.5) is 5.69 Å². The second-order valence-corrected chi connectivity index (χ2v) is 9.65. The Morgan fingerprint density at radius 3 is 2.31 bits per heavy atom. The van der Waals surface area contributed by atoms with Gasteiger partial charge in [0.15, 0.2) is 11.0 Å². The van der Waals surface area contributed by atoms with Crippen LogP contribution in [0.1, 0.15) is 44.2 Å². The summed E-state index contributed by atoms with van der Waals surface area (Å²) in [6, 6.07) is 24.1. The van der Waals surface area contributed by atoms with E-state index >= 15 is 0 Å². The van der Waals surface area contributed by atoms with Crippen molar-refractivity contribution in [1.29, 1.82) is 0 Å². The number of hydrogen-bond donors (Lipinski definition) is 1. The molecule has 186 valence electrons. The molecule has 0 aliphatic rings. The van der Waals surface area contributed by atoms with E-state index in [0.717, 1.165) is 34.9 Å². The summed E-state index contributed by atoms with van der Waals surface area (Å²) in [5, 5.41) is 12.5. The summed E-state index contributed by atoms with van der Waals surface area (Å²) in [6.07, 6.45) is 1.09. The number of anilines is 1. The highest BCUT2D eigenvalue weighted by Crippen LogP contribution is 2.29. The number of amides is 1. The van der Waals surface area contributed by atoms with E-state index in [-0.39, 0.29) is 11.7 Å². The molecular weight excluding hydrogens is 468 g/mol. The second-order valence-electron chi connectivity index (χ2n) is 8.70. The third-order valence-corrected chi connectivity index (χ3v) is 6.99. The standard InChI is InChI=1S/C29H32N4O2S/c1-5-21(4)22-11-13-24(14-12-22)30-27(34)19-36-29-32-31-28(23-9-7-20(3)8-10-23)33(29)25-15-17-26(18-16-25)35-6-2/h7-18,21H,5-6,19H2,1-4H3,(H,30,34). The van der Waals surface area contributed by atoms with Crippen molar-refractivity contribution in [3.63, 3.8) is 0 Å². The lowest BCUT2D eigenvalue weighted by Crippen LogP contribution is -2.14. The van der Waals surface area contributed by atoms with E-state index in [1.165, 1.54) is 22.9 Å². The molecule has 4 rings (SSSR count). The molecule has 1 unspecified atom stereocenters. The minimum absolute atomic E-state index is 0.0885. The predicted molar refractivity (Wildman–Crippen MR) is 147 cm³/mol. The molecule has 0 saturated heterocycles. The number of hydrogen-bond acceptors (Lipinski definition) is 5. The van der Waals surface area contributed by atoms with Crippen LogP contribution in [0, 0.1) is 6.92 Å². The van der Waals surface area contributed by atoms with Gasteiger partial charge in [0.1, 0.15) is 5.75 Å². The first-order valence-corrected chi connectivity index (χ1v) is 13.2. The number of nitrogens with one attached hydrogen (secondary N) is 1. The van der Waals surface area contributed by atoms with Gasteiger partial charge in [0.25, 0.3) is 0 Å². The summed E-state index contributed by atoms with van der Waals surface area (Å²) in [6.45, 7) is 9.00. The van der Waals surface area contributed by atoms with Crippen molar-refractivity contribution in [2.24, 2.45) is 0 Å². The first-order valence-electron chi connectivity index (χ1n) is 12.3. The van der Waals surface area contributed by atoms with Crippen molar-refractivity contribution in [3.05, 3.63) is 83.9 Å². The molecule has 6 nitrogen and oxygen atoms in total. The van der Waals surface area contributed by atoms with Gasteiger partial charge in [-0.2, -0.15) is 0 Å². The molecule has 0 bridgehead atoms. The van der Waals surface area contributed by atoms with Crippen LogP contribution in [-0.2, 0) is 4.79 Å². The summed E-state index contributed by atoms with van der Waals surface area (Å²) in [4.78, 5) is 12.7. The smallest absolute Gasteiger partial charge is 0.234 e. The average Bonchev–Trinajstić information content (AvgIpc) is 3.32. The number of nitrogens with zero attached hydrogens (tertiary/aromatic N) is 3. The Morgan fingerprint density at radius 1 is 0.972 bits per heavy atom. The number of aromatic nitrogens is 3. The van der Waals surface area contributed by atoms with Gasteiger partial charge in [0, 0.05) is 16.9 Å². The zero-order valence-electron chi connectivity index (χ0n) is 21.2. The highest BCUT2D eigenvalue weighted by atomic mass is 32.2. The Kier molecular flexibility index (Phi) is 8.44. The summed E-state index contributed by atoms with van der Waals surface area (Å²) in [5.41, 5.74) is 5.11. The van der Waals surface area contributed by atoms with Crippen LogP contribution in [-0.4, -0.2) is 33.0 Å². The molecule has 0 fully saturated rings. The lowest BCUT2D eigenvalue weighted by atomic mass is 9.99. The van der Waals surface area contributed by atoms with Gasteiger partial charge in [-0.1, -0.05) is 67.6 Å². The van der Waals surface area contributed by atoms with E-state index in [0.29, 0.717) is 17.7 Å². The number of benzene rings is 3. The molecule has 1 aromatic heterocycles. The van der Waals surface area contributed by atoms with E-state index in [1.54, 1.807) is 0 Å². The Morgan fingerprint density at radius 2 is 1.67 bits per heavy atom. The Hall–Kier alpha value is -3.58. The molecule has 4 aromatic rings. The van der Waals surface area contributed by atoms with Crippen LogP contribution in [0.2, 0.25) is 0 Å². The molecule has 0 spiro atoms. The normalized spacial score (nSPS) is 11.8. The van der Waals surface area contributed by atoms with E-state index in [2.05, 4.69) is 60.6 Å². The minimum Gasteiger partial charge on any atom is -0.494 e. The maximum absolute atomic E-state index is 12.7. The molecule has 36 heavy (non-hydrogen) atoms. The predicted octanol–water partition coefficient (Wildman–Crippen LogP) is 6.89. The first kappa shape index (κ1) is 25.5. The first-order chi connectivity index (χ1) is 17.5. The summed E-state index contributed by atoms with van der Waals surface area (Å²) in [5.74, 6) is 2.16. The minimum atomic E-state index is -0.0885. The van der Waals surface area contributed by atoms with Gasteiger partial charge in [-0.25, -0.2) is 0 Å². The van der Waals surface area contributed by atoms with Crippen molar-refractivity contribution in [2.75, 3.05) is 17.7 Å². The molecule has 1 heterocycles. The number of aryl methyl sites for hydroxylation is 1. The SMILES string of the molecule is CCOc1ccc(-n2c(SCC(=O)Nc3ccc(C(C)CC)cc3)nnc2-c2ccc(C)cc2)cc1. The molecule has 0 aliphatic heterocycles. The molecule has 1 N–H and O–H groups in total. The van der Waals surface area contributed by atoms with Gasteiger partial charge < -0.3 is 10.1 Å². The molecule has 0 aliphatic carbocycles. The van der Waals surface area contributed by atoms with Crippen molar-refractivity contribution in [3.8, 4) is 22.8 Å². The molecule has 3 aromatic carbocycles. The van der Waals surface area contributed by atoms with E-state index in [9.17, 15) is 4.79 Å². The Labute approximate surface area is 217 Å². The molecule has 7 heteroatoms. The highest BCUT2D eigenvalue weighted by Gasteiger charge is 2.18. The quantitative estimate of drug-likeness (QED) is 0.240. The van der Waals surface area contributed by atoms with Gasteiger partial charge in [0.05, 0.1) is 12.4 Å². The fourth-order valence-electron chi connectivity index (χ4n) is 3.80. The maximum atomic E-state index is 12.7. The molecule has 0 saturated carbocycles. The average molecular weight is 501 g/mol. The van der Waals surface area contributed by atoms with Crippen molar-refractivity contribution >= 4 is 23.4 Å². The summed E-state index contributed by atoms with van der Waals surface area (Å²) >= 11 is 1.36. The van der Waals surface area contributed by atoms with Crippen LogP contribution in [0.25, 0.3) is 17.1 Å². The number of ether oxygens (including phenoxy) is 1.